The quantitative estimate of drug-likeness (QED) is 0.337. The molecule has 0 saturated carbocycles. The Morgan fingerprint density at radius 3 is 2.63 bits per heavy atom. The molecule has 2 unspecified atom stereocenters. The lowest BCUT2D eigenvalue weighted by Crippen LogP contribution is -2.22. The third-order valence-corrected chi connectivity index (χ3v) is 2.58. The zero-order valence-electron chi connectivity index (χ0n) is 9.36. The molecule has 1 aromatic heterocycles. The molecule has 0 aliphatic heterocycles. The van der Waals surface area contributed by atoms with Crippen LogP contribution in [-0.4, -0.2) is 37.3 Å². The first-order valence-corrected chi connectivity index (χ1v) is 5.30. The Morgan fingerprint density at radius 1 is 1.58 bits per heavy atom. The summed E-state index contributed by atoms with van der Waals surface area (Å²) in [7, 11) is 0. The molecule has 0 amide bonds. The van der Waals surface area contributed by atoms with Gasteiger partial charge < -0.3 is 21.1 Å². The molecule has 2 atom stereocenters. The molecular weight excluding hydrogens is 282 g/mol. The van der Waals surface area contributed by atoms with Crippen LogP contribution < -0.4 is 5.73 Å². The van der Waals surface area contributed by atoms with Crippen LogP contribution in [0.2, 0.25) is 5.15 Å². The highest BCUT2D eigenvalue weighted by molar-refractivity contribution is 6.30. The molecule has 1 aromatic rings. The van der Waals surface area contributed by atoms with Gasteiger partial charge in [0.2, 0.25) is 5.82 Å². The highest BCUT2D eigenvalue weighted by atomic mass is 35.5. The van der Waals surface area contributed by atoms with E-state index in [1.165, 1.54) is 0 Å². The maximum Gasteiger partial charge on any atom is 0.311 e. The Kier molecular flexibility index (Phi) is 4.59. The maximum absolute atomic E-state index is 10.7. The molecule has 0 aliphatic rings. The number of carboxylic acid groups (broad SMARTS) is 1. The van der Waals surface area contributed by atoms with Crippen LogP contribution in [0, 0.1) is 10.1 Å². The summed E-state index contributed by atoms with van der Waals surface area (Å²) in [6, 6.07) is 0.848. The molecule has 1 heterocycles. The maximum atomic E-state index is 10.7. The molecule has 9 nitrogen and oxygen atoms in total. The minimum atomic E-state index is -1.73. The van der Waals surface area contributed by atoms with E-state index in [1.54, 1.807) is 0 Å². The summed E-state index contributed by atoms with van der Waals surface area (Å²) in [6.45, 7) is 0. The number of aromatic nitrogens is 1. The molecule has 5 N–H and O–H groups in total. The van der Waals surface area contributed by atoms with Gasteiger partial charge in [0.05, 0.1) is 17.4 Å². The highest BCUT2D eigenvalue weighted by Crippen LogP contribution is 2.31. The predicted octanol–water partition coefficient (Wildman–Crippen LogP) is 0.0944. The second-order valence-corrected chi connectivity index (χ2v) is 4.00. The van der Waals surface area contributed by atoms with E-state index < -0.39 is 41.0 Å². The Morgan fingerprint density at radius 2 is 2.16 bits per heavy atom. The van der Waals surface area contributed by atoms with Gasteiger partial charge in [-0.1, -0.05) is 11.6 Å². The van der Waals surface area contributed by atoms with E-state index in [4.69, 9.17) is 22.4 Å². The third-order valence-electron chi connectivity index (χ3n) is 2.28. The van der Waals surface area contributed by atoms with Crippen LogP contribution >= 0.6 is 11.6 Å². The number of carboxylic acids is 1. The van der Waals surface area contributed by atoms with E-state index in [-0.39, 0.29) is 10.7 Å². The molecule has 0 aliphatic carbocycles. The van der Waals surface area contributed by atoms with Crippen LogP contribution in [0.3, 0.4) is 0 Å². The molecule has 10 heteroatoms. The molecular formula is C9H10ClN3O6. The van der Waals surface area contributed by atoms with E-state index in [1.807, 2.05) is 0 Å². The number of pyridine rings is 1. The number of nitrogens with two attached hydrogens (primary N) is 1. The van der Waals surface area contributed by atoms with E-state index in [9.17, 15) is 25.1 Å². The minimum absolute atomic E-state index is 0.267. The Hall–Kier alpha value is -1.97. The lowest BCUT2D eigenvalue weighted by molar-refractivity contribution is -0.384. The van der Waals surface area contributed by atoms with Crippen LogP contribution in [0.1, 0.15) is 18.1 Å². The molecule has 0 fully saturated rings. The summed E-state index contributed by atoms with van der Waals surface area (Å²) in [5.74, 6) is -1.79. The number of halogens is 1. The van der Waals surface area contributed by atoms with Gasteiger partial charge in [0, 0.05) is 11.6 Å². The van der Waals surface area contributed by atoms with Gasteiger partial charge in [-0.2, -0.15) is 0 Å². The van der Waals surface area contributed by atoms with Crippen molar-refractivity contribution in [2.45, 2.75) is 18.6 Å². The van der Waals surface area contributed by atoms with Gasteiger partial charge in [-0.05, 0) is 0 Å². The van der Waals surface area contributed by atoms with Crippen LogP contribution in [0.15, 0.2) is 6.07 Å². The second-order valence-electron chi connectivity index (χ2n) is 3.64. The first kappa shape index (κ1) is 15.1. The van der Waals surface area contributed by atoms with Gasteiger partial charge in [-0.25, -0.2) is 4.98 Å². The average Bonchev–Trinajstić information content (AvgIpc) is 2.26. The molecule has 0 saturated heterocycles. The topological polar surface area (TPSA) is 160 Å². The first-order valence-electron chi connectivity index (χ1n) is 4.92. The van der Waals surface area contributed by atoms with E-state index in [2.05, 4.69) is 4.98 Å². The van der Waals surface area contributed by atoms with Crippen molar-refractivity contribution in [1.82, 2.24) is 4.98 Å². The van der Waals surface area contributed by atoms with Gasteiger partial charge in [-0.15, -0.1) is 0 Å². The van der Waals surface area contributed by atoms with Crippen LogP contribution in [-0.2, 0) is 4.79 Å². The molecule has 0 bridgehead atoms. The van der Waals surface area contributed by atoms with E-state index >= 15 is 0 Å². The van der Waals surface area contributed by atoms with Crippen molar-refractivity contribution in [2.24, 2.45) is 0 Å². The zero-order chi connectivity index (χ0) is 14.7. The van der Waals surface area contributed by atoms with Crippen molar-refractivity contribution in [3.63, 3.8) is 0 Å². The highest BCUT2D eigenvalue weighted by Gasteiger charge is 2.27. The summed E-state index contributed by atoms with van der Waals surface area (Å²) in [5, 5.41) is 38.0. The van der Waals surface area contributed by atoms with Gasteiger partial charge in [0.25, 0.3) is 0 Å². The number of hydrogen-bond acceptors (Lipinski definition) is 7. The Balaban J connectivity index is 3.15. The fraction of sp³-hybridized carbons (Fsp3) is 0.333. The number of carbonyl (C=O) groups is 1. The summed E-state index contributed by atoms with van der Waals surface area (Å²) in [6.07, 6.45) is -4.16. The summed E-state index contributed by atoms with van der Waals surface area (Å²) in [4.78, 5) is 23.7. The fourth-order valence-corrected chi connectivity index (χ4v) is 1.62. The number of aliphatic hydroxyl groups excluding tert-OH is 2. The number of aliphatic carboxylic acids is 1. The second kappa shape index (κ2) is 5.78. The van der Waals surface area contributed by atoms with Crippen LogP contribution in [0.4, 0.5) is 11.5 Å². The zero-order valence-corrected chi connectivity index (χ0v) is 10.1. The molecule has 19 heavy (non-hydrogen) atoms. The van der Waals surface area contributed by atoms with Crippen molar-refractivity contribution < 1.29 is 25.0 Å². The molecule has 1 rings (SSSR count). The Bertz CT molecular complexity index is 523. The molecule has 0 radical (unpaired) electrons. The minimum Gasteiger partial charge on any atom is -0.481 e. The molecule has 104 valence electrons. The number of nitrogen functional groups attached to an aromatic ring is 1. The summed E-state index contributed by atoms with van der Waals surface area (Å²) in [5.41, 5.74) is 4.41. The fourth-order valence-electron chi connectivity index (χ4n) is 1.36. The van der Waals surface area contributed by atoms with Crippen LogP contribution in [0.5, 0.6) is 0 Å². The van der Waals surface area contributed by atoms with Crippen molar-refractivity contribution in [2.75, 3.05) is 5.73 Å². The average molecular weight is 292 g/mol. The number of nitrogens with zero attached hydrogens (tertiary/aromatic N) is 2. The van der Waals surface area contributed by atoms with Gasteiger partial charge in [0.15, 0.2) is 0 Å². The van der Waals surface area contributed by atoms with Gasteiger partial charge in [-0.3, -0.25) is 14.9 Å². The van der Waals surface area contributed by atoms with Crippen molar-refractivity contribution in [3.8, 4) is 0 Å². The van der Waals surface area contributed by atoms with Crippen molar-refractivity contribution >= 4 is 29.1 Å². The Labute approximate surface area is 111 Å². The van der Waals surface area contributed by atoms with Crippen LogP contribution in [0.25, 0.3) is 0 Å². The number of hydrogen-bond donors (Lipinski definition) is 4. The largest absolute Gasteiger partial charge is 0.481 e. The standard InChI is InChI=1S/C9H10ClN3O6/c10-8-3(7(17)5(14)2-6(15)16)1-4(13(18)19)9(11)12-8/h1,5,7,14,17H,2H2,(H2,11,12)(H,15,16). The molecule has 0 aromatic carbocycles. The van der Waals surface area contributed by atoms with Gasteiger partial charge >= 0.3 is 11.7 Å². The number of anilines is 1. The van der Waals surface area contributed by atoms with E-state index in [0.29, 0.717) is 0 Å². The normalized spacial score (nSPS) is 13.8. The molecule has 0 spiro atoms. The third kappa shape index (κ3) is 3.50. The predicted molar refractivity (Wildman–Crippen MR) is 63.5 cm³/mol. The number of aliphatic hydroxyl groups is 2. The summed E-state index contributed by atoms with van der Waals surface area (Å²) < 4.78 is 0. The van der Waals surface area contributed by atoms with E-state index in [0.717, 1.165) is 6.07 Å². The first-order chi connectivity index (χ1) is 8.73. The SMILES string of the molecule is Nc1nc(Cl)c(C(O)C(O)CC(=O)O)cc1[N+](=O)[O-]. The smallest absolute Gasteiger partial charge is 0.311 e. The lowest BCUT2D eigenvalue weighted by atomic mass is 10.0. The number of nitro groups is 1. The van der Waals surface area contributed by atoms with Gasteiger partial charge in [0.1, 0.15) is 11.3 Å². The van der Waals surface area contributed by atoms with Crippen molar-refractivity contribution in [1.29, 1.82) is 0 Å². The summed E-state index contributed by atoms with van der Waals surface area (Å²) >= 11 is 5.65. The lowest BCUT2D eigenvalue weighted by Gasteiger charge is -2.17. The van der Waals surface area contributed by atoms with Crippen molar-refractivity contribution in [3.05, 3.63) is 26.9 Å². The number of rotatable bonds is 5. The monoisotopic (exact) mass is 291 g/mol.